The highest BCUT2D eigenvalue weighted by molar-refractivity contribution is 7.92. The maximum Gasteiger partial charge on any atom is 0.242 e. The van der Waals surface area contributed by atoms with E-state index in [0.717, 1.165) is 18.2 Å². The third-order valence-electron chi connectivity index (χ3n) is 5.74. The van der Waals surface area contributed by atoms with E-state index in [1.165, 1.54) is 11.4 Å². The summed E-state index contributed by atoms with van der Waals surface area (Å²) in [7, 11) is -2.14. The lowest BCUT2D eigenvalue weighted by molar-refractivity contribution is -0.141. The summed E-state index contributed by atoms with van der Waals surface area (Å²) in [5.74, 6) is -0.0401. The Hall–Kier alpha value is -2.78. The summed E-state index contributed by atoms with van der Waals surface area (Å²) < 4.78 is 31.6. The van der Waals surface area contributed by atoms with Gasteiger partial charge in [0.1, 0.15) is 11.8 Å². The predicted molar refractivity (Wildman–Crippen MR) is 144 cm³/mol. The first kappa shape index (κ1) is 29.5. The Labute approximate surface area is 219 Å². The van der Waals surface area contributed by atoms with Gasteiger partial charge in [-0.1, -0.05) is 55.8 Å². The van der Waals surface area contributed by atoms with Crippen LogP contribution >= 0.6 is 11.6 Å². The molecule has 1 N–H and O–H groups in total. The first-order valence-electron chi connectivity index (χ1n) is 12.0. The molecule has 1 atom stereocenters. The minimum absolute atomic E-state index is 0.0587. The van der Waals surface area contributed by atoms with Crippen LogP contribution in [0, 0.1) is 0 Å². The number of ether oxygens (including phenoxy) is 1. The summed E-state index contributed by atoms with van der Waals surface area (Å²) in [5, 5.41) is 3.39. The number of amides is 2. The van der Waals surface area contributed by atoms with Gasteiger partial charge in [0.2, 0.25) is 21.8 Å². The number of hydrogen-bond acceptors (Lipinski definition) is 5. The molecule has 0 saturated heterocycles. The van der Waals surface area contributed by atoms with Crippen molar-refractivity contribution in [3.8, 4) is 5.75 Å². The summed E-state index contributed by atoms with van der Waals surface area (Å²) in [5.41, 5.74) is 1.15. The van der Waals surface area contributed by atoms with Crippen LogP contribution in [0.2, 0.25) is 5.02 Å². The number of methoxy groups -OCH3 is 1. The molecular weight excluding hydrogens is 502 g/mol. The molecule has 0 aliphatic heterocycles. The van der Waals surface area contributed by atoms with Gasteiger partial charge in [0.15, 0.2) is 0 Å². The lowest BCUT2D eigenvalue weighted by Gasteiger charge is -2.31. The SMILES string of the molecule is CCCNC(=O)[C@H](CC)N(Cc1ccccc1Cl)C(=O)CCCN(c1ccccc1OC)S(C)(=O)=O. The number of benzene rings is 2. The topological polar surface area (TPSA) is 96.0 Å². The maximum atomic E-state index is 13.4. The van der Waals surface area contributed by atoms with E-state index in [2.05, 4.69) is 5.32 Å². The molecule has 0 unspecified atom stereocenters. The van der Waals surface area contributed by atoms with E-state index < -0.39 is 16.1 Å². The van der Waals surface area contributed by atoms with Gasteiger partial charge >= 0.3 is 0 Å². The van der Waals surface area contributed by atoms with Crippen molar-refractivity contribution in [1.82, 2.24) is 10.2 Å². The van der Waals surface area contributed by atoms with Crippen molar-refractivity contribution in [3.05, 3.63) is 59.1 Å². The van der Waals surface area contributed by atoms with Crippen LogP contribution in [0.3, 0.4) is 0 Å². The summed E-state index contributed by atoms with van der Waals surface area (Å²) in [6, 6.07) is 13.4. The Balaban J connectivity index is 2.24. The Bertz CT molecular complexity index is 1130. The molecule has 0 fully saturated rings. The van der Waals surface area contributed by atoms with Gasteiger partial charge in [-0.05, 0) is 43.0 Å². The van der Waals surface area contributed by atoms with Gasteiger partial charge in [-0.25, -0.2) is 8.42 Å². The first-order valence-corrected chi connectivity index (χ1v) is 14.3. The number of rotatable bonds is 14. The second kappa shape index (κ2) is 14.1. The van der Waals surface area contributed by atoms with Crippen LogP contribution in [0.15, 0.2) is 48.5 Å². The van der Waals surface area contributed by atoms with E-state index in [1.807, 2.05) is 26.0 Å². The third-order valence-corrected chi connectivity index (χ3v) is 7.29. The number of anilines is 1. The number of hydrogen-bond donors (Lipinski definition) is 1. The monoisotopic (exact) mass is 537 g/mol. The number of nitrogens with one attached hydrogen (secondary N) is 1. The van der Waals surface area contributed by atoms with Crippen LogP contribution < -0.4 is 14.4 Å². The van der Waals surface area contributed by atoms with Gasteiger partial charge in [0.05, 0.1) is 19.1 Å². The summed E-state index contributed by atoms with van der Waals surface area (Å²) in [4.78, 5) is 27.9. The van der Waals surface area contributed by atoms with Gasteiger partial charge in [0, 0.05) is 31.1 Å². The van der Waals surface area contributed by atoms with Gasteiger partial charge < -0.3 is 15.0 Å². The molecule has 2 aromatic carbocycles. The van der Waals surface area contributed by atoms with Crippen LogP contribution in [0.4, 0.5) is 5.69 Å². The highest BCUT2D eigenvalue weighted by Gasteiger charge is 2.29. The molecule has 0 bridgehead atoms. The second-order valence-corrected chi connectivity index (χ2v) is 10.8. The molecule has 0 aromatic heterocycles. The zero-order valence-corrected chi connectivity index (χ0v) is 22.9. The van der Waals surface area contributed by atoms with Crippen molar-refractivity contribution in [3.63, 3.8) is 0 Å². The molecule has 0 spiro atoms. The fourth-order valence-electron chi connectivity index (χ4n) is 3.91. The van der Waals surface area contributed by atoms with Crippen LogP contribution in [-0.2, 0) is 26.2 Å². The van der Waals surface area contributed by atoms with Gasteiger partial charge in [0.25, 0.3) is 0 Å². The summed E-state index contributed by atoms with van der Waals surface area (Å²) in [6.45, 7) is 4.60. The van der Waals surface area contributed by atoms with E-state index in [4.69, 9.17) is 16.3 Å². The average molecular weight is 538 g/mol. The summed E-state index contributed by atoms with van der Waals surface area (Å²) in [6.07, 6.45) is 2.66. The van der Waals surface area contributed by atoms with E-state index >= 15 is 0 Å². The lowest BCUT2D eigenvalue weighted by Crippen LogP contribution is -2.49. The molecule has 10 heteroatoms. The molecule has 2 rings (SSSR count). The molecule has 0 heterocycles. The number of carbonyl (C=O) groups excluding carboxylic acids is 2. The van der Waals surface area contributed by atoms with Gasteiger partial charge in [-0.3, -0.25) is 13.9 Å². The van der Waals surface area contributed by atoms with Crippen LogP contribution in [0.1, 0.15) is 45.1 Å². The number of nitrogens with zero attached hydrogens (tertiary/aromatic N) is 2. The van der Waals surface area contributed by atoms with E-state index in [1.54, 1.807) is 41.3 Å². The quantitative estimate of drug-likeness (QED) is 0.389. The fourth-order valence-corrected chi connectivity index (χ4v) is 5.08. The molecule has 0 radical (unpaired) electrons. The Morgan fingerprint density at radius 3 is 2.36 bits per heavy atom. The van der Waals surface area contributed by atoms with E-state index in [9.17, 15) is 18.0 Å². The van der Waals surface area contributed by atoms with E-state index in [0.29, 0.717) is 29.4 Å². The predicted octanol–water partition coefficient (Wildman–Crippen LogP) is 4.23. The zero-order valence-electron chi connectivity index (χ0n) is 21.4. The Morgan fingerprint density at radius 2 is 1.75 bits per heavy atom. The molecular formula is C26H36ClN3O5S. The highest BCUT2D eigenvalue weighted by Crippen LogP contribution is 2.30. The number of carbonyl (C=O) groups is 2. The summed E-state index contributed by atoms with van der Waals surface area (Å²) >= 11 is 6.35. The Kier molecular flexibility index (Phi) is 11.5. The molecule has 2 aromatic rings. The van der Waals surface area contributed by atoms with Crippen molar-refractivity contribution < 1.29 is 22.7 Å². The molecule has 2 amide bonds. The maximum absolute atomic E-state index is 13.4. The lowest BCUT2D eigenvalue weighted by atomic mass is 10.1. The third kappa shape index (κ3) is 8.13. The van der Waals surface area contributed by atoms with E-state index in [-0.39, 0.29) is 37.7 Å². The molecule has 8 nitrogen and oxygen atoms in total. The Morgan fingerprint density at radius 1 is 1.08 bits per heavy atom. The standard InChI is InChI=1S/C26H36ClN3O5S/c1-5-17-28-26(32)22(6-2)29(19-20-12-7-8-13-21(20)27)25(31)16-11-18-30(36(4,33)34)23-14-9-10-15-24(23)35-3/h7-10,12-15,22H,5-6,11,16-19H2,1-4H3,(H,28,32)/t22-/m0/s1. The molecule has 0 saturated carbocycles. The van der Waals surface area contributed by atoms with Crippen LogP contribution in [0.25, 0.3) is 0 Å². The highest BCUT2D eigenvalue weighted by atomic mass is 35.5. The van der Waals surface area contributed by atoms with Crippen LogP contribution in [0.5, 0.6) is 5.75 Å². The smallest absolute Gasteiger partial charge is 0.242 e. The molecule has 0 aliphatic carbocycles. The minimum Gasteiger partial charge on any atom is -0.495 e. The van der Waals surface area contributed by atoms with Crippen molar-refractivity contribution >= 4 is 39.1 Å². The number of para-hydroxylation sites is 2. The molecule has 36 heavy (non-hydrogen) atoms. The molecule has 198 valence electrons. The van der Waals surface area contributed by atoms with Gasteiger partial charge in [-0.15, -0.1) is 0 Å². The van der Waals surface area contributed by atoms with Crippen molar-refractivity contribution in [1.29, 1.82) is 0 Å². The van der Waals surface area contributed by atoms with Crippen LogP contribution in [-0.4, -0.2) is 57.6 Å². The first-order chi connectivity index (χ1) is 17.1. The molecule has 0 aliphatic rings. The average Bonchev–Trinajstić information content (AvgIpc) is 2.85. The number of halogens is 1. The minimum atomic E-state index is -3.62. The second-order valence-electron chi connectivity index (χ2n) is 8.44. The normalized spacial score (nSPS) is 12.0. The zero-order chi connectivity index (χ0) is 26.7. The van der Waals surface area contributed by atoms with Crippen molar-refractivity contribution in [2.75, 3.05) is 30.8 Å². The van der Waals surface area contributed by atoms with Gasteiger partial charge in [-0.2, -0.15) is 0 Å². The fraction of sp³-hybridized carbons (Fsp3) is 0.462. The van der Waals surface area contributed by atoms with Crippen molar-refractivity contribution in [2.24, 2.45) is 0 Å². The van der Waals surface area contributed by atoms with Crippen molar-refractivity contribution in [2.45, 2.75) is 52.1 Å². The number of sulfonamides is 1. The largest absolute Gasteiger partial charge is 0.495 e.